The fourth-order valence-electron chi connectivity index (χ4n) is 1.44. The third kappa shape index (κ3) is 5.72. The SMILES string of the molecule is CCC(CC)NC(=O)CN(C)C(C)CC#N. The zero-order valence-corrected chi connectivity index (χ0v) is 10.8. The molecule has 0 aliphatic carbocycles. The molecular formula is C12H23N3O. The molecule has 0 aliphatic rings. The third-order valence-electron chi connectivity index (χ3n) is 2.88. The Hall–Kier alpha value is -1.08. The van der Waals surface area contributed by atoms with E-state index in [1.807, 2.05) is 18.9 Å². The van der Waals surface area contributed by atoms with Gasteiger partial charge in [0.25, 0.3) is 0 Å². The highest BCUT2D eigenvalue weighted by Crippen LogP contribution is 2.00. The molecule has 0 aromatic rings. The van der Waals surface area contributed by atoms with Gasteiger partial charge in [-0.3, -0.25) is 9.69 Å². The lowest BCUT2D eigenvalue weighted by atomic mass is 10.1. The number of amides is 1. The summed E-state index contributed by atoms with van der Waals surface area (Å²) in [5.41, 5.74) is 0. The molecule has 0 saturated carbocycles. The van der Waals surface area contributed by atoms with Gasteiger partial charge in [0.15, 0.2) is 0 Å². The van der Waals surface area contributed by atoms with E-state index < -0.39 is 0 Å². The average Bonchev–Trinajstić information content (AvgIpc) is 2.26. The van der Waals surface area contributed by atoms with Crippen LogP contribution in [-0.4, -0.2) is 36.5 Å². The van der Waals surface area contributed by atoms with E-state index in [-0.39, 0.29) is 18.0 Å². The molecule has 0 rings (SSSR count). The van der Waals surface area contributed by atoms with Crippen LogP contribution in [0.15, 0.2) is 0 Å². The highest BCUT2D eigenvalue weighted by Gasteiger charge is 2.14. The van der Waals surface area contributed by atoms with Crippen molar-refractivity contribution in [1.29, 1.82) is 5.26 Å². The predicted octanol–water partition coefficient (Wildman–Crippen LogP) is 1.53. The minimum Gasteiger partial charge on any atom is -0.352 e. The van der Waals surface area contributed by atoms with Crippen LogP contribution in [0.1, 0.15) is 40.0 Å². The van der Waals surface area contributed by atoms with Gasteiger partial charge in [0.1, 0.15) is 0 Å². The molecule has 0 radical (unpaired) electrons. The predicted molar refractivity (Wildman–Crippen MR) is 64.8 cm³/mol. The first kappa shape index (κ1) is 14.9. The number of nitriles is 1. The van der Waals surface area contributed by atoms with Crippen LogP contribution in [0.4, 0.5) is 0 Å². The maximum atomic E-state index is 11.7. The second kappa shape index (κ2) is 8.12. The van der Waals surface area contributed by atoms with E-state index in [2.05, 4.69) is 25.2 Å². The van der Waals surface area contributed by atoms with E-state index in [0.29, 0.717) is 13.0 Å². The molecule has 4 heteroatoms. The van der Waals surface area contributed by atoms with Gasteiger partial charge in [-0.15, -0.1) is 0 Å². The molecule has 1 amide bonds. The van der Waals surface area contributed by atoms with Crippen LogP contribution in [0.3, 0.4) is 0 Å². The van der Waals surface area contributed by atoms with Crippen LogP contribution in [0.2, 0.25) is 0 Å². The minimum atomic E-state index is 0.0426. The van der Waals surface area contributed by atoms with Crippen LogP contribution in [0.5, 0.6) is 0 Å². The smallest absolute Gasteiger partial charge is 0.234 e. The van der Waals surface area contributed by atoms with Gasteiger partial charge in [-0.05, 0) is 26.8 Å². The standard InChI is InChI=1S/C12H23N3O/c1-5-11(6-2)14-12(16)9-15(4)10(3)7-8-13/h10-11H,5-7,9H2,1-4H3,(H,14,16). The van der Waals surface area contributed by atoms with Gasteiger partial charge in [0.2, 0.25) is 5.91 Å². The molecule has 1 N–H and O–H groups in total. The summed E-state index contributed by atoms with van der Waals surface area (Å²) >= 11 is 0. The summed E-state index contributed by atoms with van der Waals surface area (Å²) < 4.78 is 0. The lowest BCUT2D eigenvalue weighted by molar-refractivity contribution is -0.123. The van der Waals surface area contributed by atoms with Crippen molar-refractivity contribution in [2.45, 2.75) is 52.1 Å². The van der Waals surface area contributed by atoms with E-state index in [1.165, 1.54) is 0 Å². The lowest BCUT2D eigenvalue weighted by Gasteiger charge is -2.23. The van der Waals surface area contributed by atoms with Crippen LogP contribution in [0, 0.1) is 11.3 Å². The highest BCUT2D eigenvalue weighted by molar-refractivity contribution is 5.78. The molecule has 0 aromatic carbocycles. The number of carbonyl (C=O) groups is 1. The van der Waals surface area contributed by atoms with E-state index in [9.17, 15) is 4.79 Å². The normalized spacial score (nSPS) is 12.6. The second-order valence-corrected chi connectivity index (χ2v) is 4.21. The fourth-order valence-corrected chi connectivity index (χ4v) is 1.44. The average molecular weight is 225 g/mol. The van der Waals surface area contributed by atoms with Gasteiger partial charge in [0, 0.05) is 12.1 Å². The van der Waals surface area contributed by atoms with Crippen molar-refractivity contribution in [2.75, 3.05) is 13.6 Å². The number of likely N-dealkylation sites (N-methyl/N-ethyl adjacent to an activating group) is 1. The number of hydrogen-bond donors (Lipinski definition) is 1. The van der Waals surface area contributed by atoms with Gasteiger partial charge in [-0.25, -0.2) is 0 Å². The lowest BCUT2D eigenvalue weighted by Crippen LogP contribution is -2.43. The highest BCUT2D eigenvalue weighted by atomic mass is 16.2. The zero-order chi connectivity index (χ0) is 12.6. The summed E-state index contributed by atoms with van der Waals surface area (Å²) in [6.45, 7) is 6.44. The summed E-state index contributed by atoms with van der Waals surface area (Å²) in [6, 6.07) is 2.50. The second-order valence-electron chi connectivity index (χ2n) is 4.21. The van der Waals surface area contributed by atoms with Crippen molar-refractivity contribution in [2.24, 2.45) is 0 Å². The molecule has 4 nitrogen and oxygen atoms in total. The molecule has 16 heavy (non-hydrogen) atoms. The first-order chi connectivity index (χ1) is 7.54. The van der Waals surface area contributed by atoms with E-state index in [4.69, 9.17) is 5.26 Å². The van der Waals surface area contributed by atoms with Crippen molar-refractivity contribution in [3.63, 3.8) is 0 Å². The van der Waals surface area contributed by atoms with Gasteiger partial charge in [-0.2, -0.15) is 5.26 Å². The number of nitrogens with one attached hydrogen (secondary N) is 1. The van der Waals surface area contributed by atoms with Gasteiger partial charge in [0.05, 0.1) is 19.0 Å². The Morgan fingerprint density at radius 2 is 2.00 bits per heavy atom. The van der Waals surface area contributed by atoms with E-state index in [0.717, 1.165) is 12.8 Å². The van der Waals surface area contributed by atoms with Crippen LogP contribution in [0.25, 0.3) is 0 Å². The molecule has 1 unspecified atom stereocenters. The van der Waals surface area contributed by atoms with Crippen molar-refractivity contribution in [3.05, 3.63) is 0 Å². The van der Waals surface area contributed by atoms with Crippen molar-refractivity contribution in [3.8, 4) is 6.07 Å². The Balaban J connectivity index is 4.00. The van der Waals surface area contributed by atoms with Crippen molar-refractivity contribution in [1.82, 2.24) is 10.2 Å². The van der Waals surface area contributed by atoms with Crippen molar-refractivity contribution < 1.29 is 4.79 Å². The summed E-state index contributed by atoms with van der Waals surface area (Å²) in [4.78, 5) is 13.6. The molecule has 0 heterocycles. The fraction of sp³-hybridized carbons (Fsp3) is 0.833. The maximum Gasteiger partial charge on any atom is 0.234 e. The monoisotopic (exact) mass is 225 g/mol. The Bertz CT molecular complexity index is 243. The topological polar surface area (TPSA) is 56.1 Å². The summed E-state index contributed by atoms with van der Waals surface area (Å²) in [7, 11) is 1.87. The largest absolute Gasteiger partial charge is 0.352 e. The summed E-state index contributed by atoms with van der Waals surface area (Å²) in [6.07, 6.45) is 2.37. The summed E-state index contributed by atoms with van der Waals surface area (Å²) in [5, 5.41) is 11.5. The number of rotatable bonds is 7. The van der Waals surface area contributed by atoms with Crippen LogP contribution in [-0.2, 0) is 4.79 Å². The summed E-state index contributed by atoms with van der Waals surface area (Å²) in [5.74, 6) is 0.0426. The number of hydrogen-bond acceptors (Lipinski definition) is 3. The van der Waals surface area contributed by atoms with Crippen LogP contribution < -0.4 is 5.32 Å². The third-order valence-corrected chi connectivity index (χ3v) is 2.88. The zero-order valence-electron chi connectivity index (χ0n) is 10.8. The first-order valence-electron chi connectivity index (χ1n) is 5.91. The number of carbonyl (C=O) groups excluding carboxylic acids is 1. The van der Waals surface area contributed by atoms with E-state index in [1.54, 1.807) is 0 Å². The van der Waals surface area contributed by atoms with Gasteiger partial charge < -0.3 is 5.32 Å². The molecule has 0 fully saturated rings. The Morgan fingerprint density at radius 3 is 2.44 bits per heavy atom. The molecule has 0 aromatic heterocycles. The maximum absolute atomic E-state index is 11.7. The van der Waals surface area contributed by atoms with Crippen LogP contribution >= 0.6 is 0 Å². The molecule has 0 bridgehead atoms. The Labute approximate surface area is 98.6 Å². The first-order valence-corrected chi connectivity index (χ1v) is 5.91. The molecule has 0 saturated heterocycles. The molecule has 0 aliphatic heterocycles. The minimum absolute atomic E-state index is 0.0426. The van der Waals surface area contributed by atoms with Gasteiger partial charge >= 0.3 is 0 Å². The van der Waals surface area contributed by atoms with E-state index >= 15 is 0 Å². The Morgan fingerprint density at radius 1 is 1.44 bits per heavy atom. The van der Waals surface area contributed by atoms with Gasteiger partial charge in [-0.1, -0.05) is 13.8 Å². The Kier molecular flexibility index (Phi) is 7.57. The quantitative estimate of drug-likeness (QED) is 0.715. The number of nitrogens with zero attached hydrogens (tertiary/aromatic N) is 2. The molecule has 92 valence electrons. The molecular weight excluding hydrogens is 202 g/mol. The van der Waals surface area contributed by atoms with Crippen molar-refractivity contribution >= 4 is 5.91 Å². The molecule has 1 atom stereocenters. The molecule has 0 spiro atoms.